The van der Waals surface area contributed by atoms with Gasteiger partial charge in [-0.1, -0.05) is 23.7 Å². The largest absolute Gasteiger partial charge is 0.439 e. The second-order valence-electron chi connectivity index (χ2n) is 7.08. The molecule has 1 fully saturated rings. The van der Waals surface area contributed by atoms with Crippen LogP contribution in [0.1, 0.15) is 17.3 Å². The van der Waals surface area contributed by atoms with Gasteiger partial charge >= 0.3 is 0 Å². The molecule has 6 nitrogen and oxygen atoms in total. The van der Waals surface area contributed by atoms with Crippen LogP contribution in [0.3, 0.4) is 0 Å². The van der Waals surface area contributed by atoms with Crippen LogP contribution in [0.4, 0.5) is 10.2 Å². The Bertz CT molecular complexity index is 1060. The Balaban J connectivity index is 1.45. The third kappa shape index (κ3) is 4.52. The van der Waals surface area contributed by atoms with E-state index in [9.17, 15) is 9.18 Å². The fourth-order valence-corrected chi connectivity index (χ4v) is 3.65. The Labute approximate surface area is 178 Å². The van der Waals surface area contributed by atoms with Gasteiger partial charge in [-0.3, -0.25) is 4.79 Å². The number of rotatable bonds is 4. The Morgan fingerprint density at radius 3 is 2.73 bits per heavy atom. The second-order valence-corrected chi connectivity index (χ2v) is 7.51. The average molecular weight is 427 g/mol. The molecule has 1 saturated heterocycles. The molecule has 0 saturated carbocycles. The summed E-state index contributed by atoms with van der Waals surface area (Å²) in [6.07, 6.45) is 1.41. The number of benzene rings is 2. The van der Waals surface area contributed by atoms with Crippen LogP contribution < -0.4 is 9.64 Å². The molecular formula is C22H20ClFN4O2. The molecule has 1 aliphatic rings. The number of piperazine rings is 1. The van der Waals surface area contributed by atoms with Gasteiger partial charge in [0.2, 0.25) is 5.88 Å². The average Bonchev–Trinajstić information content (AvgIpc) is 2.73. The predicted molar refractivity (Wildman–Crippen MR) is 113 cm³/mol. The lowest BCUT2D eigenvalue weighted by molar-refractivity contribution is 0.0673. The topological polar surface area (TPSA) is 58.6 Å². The summed E-state index contributed by atoms with van der Waals surface area (Å²) in [5, 5.41) is 0.541. The lowest BCUT2D eigenvalue weighted by atomic mass is 10.1. The number of nitrogens with zero attached hydrogens (tertiary/aromatic N) is 4. The summed E-state index contributed by atoms with van der Waals surface area (Å²) in [6.45, 7) is 3.78. The van der Waals surface area contributed by atoms with E-state index in [-0.39, 0.29) is 17.8 Å². The Morgan fingerprint density at radius 1 is 1.13 bits per heavy atom. The Kier molecular flexibility index (Phi) is 5.81. The molecular weight excluding hydrogens is 407 g/mol. The van der Waals surface area contributed by atoms with E-state index in [0.29, 0.717) is 47.7 Å². The molecule has 2 aromatic carbocycles. The number of ether oxygens (including phenoxy) is 1. The van der Waals surface area contributed by atoms with Crippen LogP contribution in [0.25, 0.3) is 0 Å². The lowest BCUT2D eigenvalue weighted by Crippen LogP contribution is -2.54. The zero-order chi connectivity index (χ0) is 21.1. The quantitative estimate of drug-likeness (QED) is 0.618. The number of carbonyl (C=O) groups excluding carboxylic acids is 1. The van der Waals surface area contributed by atoms with Gasteiger partial charge in [-0.25, -0.2) is 14.4 Å². The van der Waals surface area contributed by atoms with Crippen LogP contribution in [0, 0.1) is 5.82 Å². The SMILES string of the molecule is C[C@@H]1CN(c2cc(Oc3cccc(F)c3)ncn2)CCN1C(=O)c1cccc(Cl)c1. The highest BCUT2D eigenvalue weighted by Gasteiger charge is 2.29. The van der Waals surface area contributed by atoms with E-state index in [2.05, 4.69) is 14.9 Å². The van der Waals surface area contributed by atoms with Crippen molar-refractivity contribution < 1.29 is 13.9 Å². The summed E-state index contributed by atoms with van der Waals surface area (Å²) in [7, 11) is 0. The molecule has 1 amide bonds. The highest BCUT2D eigenvalue weighted by atomic mass is 35.5. The smallest absolute Gasteiger partial charge is 0.254 e. The highest BCUT2D eigenvalue weighted by Crippen LogP contribution is 2.25. The molecule has 0 aliphatic carbocycles. The minimum atomic E-state index is -0.379. The van der Waals surface area contributed by atoms with E-state index in [1.54, 1.807) is 42.5 Å². The van der Waals surface area contributed by atoms with E-state index in [1.165, 1.54) is 18.5 Å². The van der Waals surface area contributed by atoms with Gasteiger partial charge in [0.25, 0.3) is 5.91 Å². The molecule has 2 heterocycles. The molecule has 154 valence electrons. The molecule has 8 heteroatoms. The van der Waals surface area contributed by atoms with Gasteiger partial charge in [-0.15, -0.1) is 0 Å². The minimum absolute atomic E-state index is 0.0206. The Morgan fingerprint density at radius 2 is 1.97 bits per heavy atom. The number of halogens is 2. The van der Waals surface area contributed by atoms with Crippen molar-refractivity contribution in [1.29, 1.82) is 0 Å². The van der Waals surface area contributed by atoms with Crippen molar-refractivity contribution in [3.63, 3.8) is 0 Å². The number of anilines is 1. The van der Waals surface area contributed by atoms with E-state index in [1.807, 2.05) is 11.8 Å². The molecule has 0 N–H and O–H groups in total. The minimum Gasteiger partial charge on any atom is -0.439 e. The molecule has 0 radical (unpaired) electrons. The summed E-state index contributed by atoms with van der Waals surface area (Å²) in [5.41, 5.74) is 0.579. The van der Waals surface area contributed by atoms with Crippen LogP contribution in [-0.2, 0) is 0 Å². The summed E-state index contributed by atoms with van der Waals surface area (Å²) < 4.78 is 19.0. The highest BCUT2D eigenvalue weighted by molar-refractivity contribution is 6.30. The monoisotopic (exact) mass is 426 g/mol. The molecule has 1 aliphatic heterocycles. The maximum atomic E-state index is 13.4. The van der Waals surface area contributed by atoms with Gasteiger partial charge in [0, 0.05) is 48.4 Å². The summed E-state index contributed by atoms with van der Waals surface area (Å²) in [4.78, 5) is 25.2. The van der Waals surface area contributed by atoms with Gasteiger partial charge in [-0.2, -0.15) is 0 Å². The van der Waals surface area contributed by atoms with E-state index < -0.39 is 0 Å². The molecule has 4 rings (SSSR count). The van der Waals surface area contributed by atoms with Crippen molar-refractivity contribution in [2.75, 3.05) is 24.5 Å². The van der Waals surface area contributed by atoms with Gasteiger partial charge in [0.05, 0.1) is 0 Å². The van der Waals surface area contributed by atoms with Crippen LogP contribution in [0.5, 0.6) is 11.6 Å². The number of amides is 1. The van der Waals surface area contributed by atoms with Crippen molar-refractivity contribution in [2.45, 2.75) is 13.0 Å². The van der Waals surface area contributed by atoms with Crippen molar-refractivity contribution in [2.24, 2.45) is 0 Å². The molecule has 1 atom stereocenters. The second kappa shape index (κ2) is 8.67. The molecule has 0 spiro atoms. The number of aromatic nitrogens is 2. The maximum absolute atomic E-state index is 13.4. The van der Waals surface area contributed by atoms with Gasteiger partial charge in [-0.05, 0) is 37.3 Å². The van der Waals surface area contributed by atoms with Crippen LogP contribution in [-0.4, -0.2) is 46.5 Å². The molecule has 3 aromatic rings. The fourth-order valence-electron chi connectivity index (χ4n) is 3.46. The lowest BCUT2D eigenvalue weighted by Gasteiger charge is -2.40. The van der Waals surface area contributed by atoms with E-state index >= 15 is 0 Å². The molecule has 0 unspecified atom stereocenters. The summed E-state index contributed by atoms with van der Waals surface area (Å²) in [6, 6.07) is 14.6. The maximum Gasteiger partial charge on any atom is 0.254 e. The molecule has 30 heavy (non-hydrogen) atoms. The standard InChI is InChI=1S/C22H20ClFN4O2/c1-15-13-27(8-9-28(15)22(29)16-4-2-5-17(23)10-16)20-12-21(26-14-25-20)30-19-7-3-6-18(24)11-19/h2-7,10-12,14-15H,8-9,13H2,1H3/t15-/m1/s1. The van der Waals surface area contributed by atoms with Gasteiger partial charge < -0.3 is 14.5 Å². The first-order valence-corrected chi connectivity index (χ1v) is 9.94. The Hall–Kier alpha value is -3.19. The fraction of sp³-hybridized carbons (Fsp3) is 0.227. The first kappa shape index (κ1) is 20.1. The van der Waals surface area contributed by atoms with Crippen molar-refractivity contribution >= 4 is 23.3 Å². The zero-order valence-electron chi connectivity index (χ0n) is 16.3. The van der Waals surface area contributed by atoms with Gasteiger partial charge in [0.15, 0.2) is 0 Å². The van der Waals surface area contributed by atoms with Crippen LogP contribution in [0.15, 0.2) is 60.9 Å². The summed E-state index contributed by atoms with van der Waals surface area (Å²) in [5.74, 6) is 0.970. The van der Waals surface area contributed by atoms with Crippen molar-refractivity contribution in [3.8, 4) is 11.6 Å². The number of hydrogen-bond acceptors (Lipinski definition) is 5. The van der Waals surface area contributed by atoms with E-state index in [0.717, 1.165) is 0 Å². The predicted octanol–water partition coefficient (Wildman–Crippen LogP) is 4.41. The van der Waals surface area contributed by atoms with Crippen LogP contribution in [0.2, 0.25) is 5.02 Å². The third-order valence-electron chi connectivity index (χ3n) is 4.93. The van der Waals surface area contributed by atoms with E-state index in [4.69, 9.17) is 16.3 Å². The van der Waals surface area contributed by atoms with Crippen molar-refractivity contribution in [3.05, 3.63) is 77.3 Å². The first-order valence-electron chi connectivity index (χ1n) is 9.56. The first-order chi connectivity index (χ1) is 14.5. The van der Waals surface area contributed by atoms with Gasteiger partial charge in [0.1, 0.15) is 23.7 Å². The molecule has 1 aromatic heterocycles. The molecule has 0 bridgehead atoms. The number of hydrogen-bond donors (Lipinski definition) is 0. The van der Waals surface area contributed by atoms with Crippen molar-refractivity contribution in [1.82, 2.24) is 14.9 Å². The zero-order valence-corrected chi connectivity index (χ0v) is 17.1. The number of carbonyl (C=O) groups is 1. The normalized spacial score (nSPS) is 16.4. The summed E-state index contributed by atoms with van der Waals surface area (Å²) >= 11 is 6.02. The third-order valence-corrected chi connectivity index (χ3v) is 5.17. The van der Waals surface area contributed by atoms with Crippen LogP contribution >= 0.6 is 11.6 Å².